The molecule has 4 aromatic heterocycles. The van der Waals surface area contributed by atoms with Crippen molar-refractivity contribution in [1.29, 1.82) is 0 Å². The Hall–Kier alpha value is -4.28. The molecule has 11 heteroatoms. The third-order valence-electron chi connectivity index (χ3n) is 4.87. The van der Waals surface area contributed by atoms with Crippen LogP contribution in [0.4, 0.5) is 22.1 Å². The molecule has 0 saturated carbocycles. The van der Waals surface area contributed by atoms with E-state index in [4.69, 9.17) is 21.3 Å². The number of fused-ring (bicyclic) bond motifs is 1. The molecule has 0 radical (unpaired) electrons. The molecule has 33 heavy (non-hydrogen) atoms. The topological polar surface area (TPSA) is 151 Å². The van der Waals surface area contributed by atoms with Crippen LogP contribution in [0, 0.1) is 6.92 Å². The minimum absolute atomic E-state index is 0.0372. The predicted octanol–water partition coefficient (Wildman–Crippen LogP) is 2.79. The largest absolute Gasteiger partial charge is 0.446 e. The van der Waals surface area contributed by atoms with Crippen LogP contribution in [0.2, 0.25) is 0 Å². The summed E-state index contributed by atoms with van der Waals surface area (Å²) in [5.74, 6) is 0.309. The number of nitrogen functional groups attached to an aromatic ring is 2. The lowest BCUT2D eigenvalue weighted by molar-refractivity contribution is 0.124. The van der Waals surface area contributed by atoms with E-state index in [1.165, 1.54) is 11.9 Å². The van der Waals surface area contributed by atoms with E-state index in [9.17, 15) is 4.79 Å². The molecule has 0 saturated heterocycles. The Morgan fingerprint density at radius 3 is 2.61 bits per heavy atom. The number of nitrogens with two attached hydrogens (primary N) is 2. The van der Waals surface area contributed by atoms with Gasteiger partial charge in [0.25, 0.3) is 0 Å². The van der Waals surface area contributed by atoms with Gasteiger partial charge >= 0.3 is 6.09 Å². The Kier molecular flexibility index (Phi) is 5.78. The minimum atomic E-state index is -0.606. The number of rotatable bonds is 5. The summed E-state index contributed by atoms with van der Waals surface area (Å²) in [5.41, 5.74) is 15.7. The van der Waals surface area contributed by atoms with E-state index in [1.54, 1.807) is 37.1 Å². The maximum absolute atomic E-state index is 12.3. The number of amides is 1. The number of aromatic nitrogens is 6. The molecule has 0 spiro atoms. The monoisotopic (exact) mass is 447 g/mol. The van der Waals surface area contributed by atoms with Crippen LogP contribution < -0.4 is 16.4 Å². The fraction of sp³-hybridized carbons (Fsp3) is 0.273. The van der Waals surface area contributed by atoms with Crippen LogP contribution in [0.25, 0.3) is 22.6 Å². The minimum Gasteiger partial charge on any atom is -0.446 e. The fourth-order valence-electron chi connectivity index (χ4n) is 3.47. The van der Waals surface area contributed by atoms with Crippen LogP contribution in [-0.4, -0.2) is 49.0 Å². The molecule has 4 rings (SSSR count). The Balaban J connectivity index is 1.76. The number of pyridine rings is 2. The maximum atomic E-state index is 12.3. The summed E-state index contributed by atoms with van der Waals surface area (Å²) in [7, 11) is 1.50. The van der Waals surface area contributed by atoms with Gasteiger partial charge in [-0.2, -0.15) is 5.10 Å². The number of carbonyl (C=O) groups excluding carboxylic acids is 1. The molecular weight excluding hydrogens is 422 g/mol. The van der Waals surface area contributed by atoms with E-state index in [-0.39, 0.29) is 29.3 Å². The van der Waals surface area contributed by atoms with E-state index in [0.717, 1.165) is 16.5 Å². The van der Waals surface area contributed by atoms with Crippen molar-refractivity contribution in [2.24, 2.45) is 0 Å². The summed E-state index contributed by atoms with van der Waals surface area (Å²) in [5, 5.41) is 5.45. The standard InChI is InChI=1S/C22H25N9O2/c1-12(2)33-22(32)30(4)17-18(23)27-20(28-19(17)24)16-15-6-5-7-26-21(15)31(29-16)11-14-8-13(3)9-25-10-14/h5-10,12H,11H2,1-4H3,(H4,23,24,27,28). The van der Waals surface area contributed by atoms with E-state index >= 15 is 0 Å². The van der Waals surface area contributed by atoms with Gasteiger partial charge in [0.1, 0.15) is 11.4 Å². The van der Waals surface area contributed by atoms with Crippen molar-refractivity contribution >= 4 is 34.4 Å². The zero-order valence-electron chi connectivity index (χ0n) is 18.9. The van der Waals surface area contributed by atoms with Gasteiger partial charge in [-0.25, -0.2) is 24.4 Å². The van der Waals surface area contributed by atoms with Gasteiger partial charge in [-0.1, -0.05) is 6.07 Å². The number of carbonyl (C=O) groups is 1. The molecule has 11 nitrogen and oxygen atoms in total. The van der Waals surface area contributed by atoms with Crippen molar-refractivity contribution in [2.45, 2.75) is 33.4 Å². The highest BCUT2D eigenvalue weighted by atomic mass is 16.6. The summed E-state index contributed by atoms with van der Waals surface area (Å²) in [6.45, 7) is 5.95. The van der Waals surface area contributed by atoms with Gasteiger partial charge in [0.2, 0.25) is 0 Å². The molecule has 170 valence electrons. The van der Waals surface area contributed by atoms with Crippen LogP contribution in [0.1, 0.15) is 25.0 Å². The summed E-state index contributed by atoms with van der Waals surface area (Å²) >= 11 is 0. The molecule has 4 heterocycles. The smallest absolute Gasteiger partial charge is 0.414 e. The lowest BCUT2D eigenvalue weighted by Gasteiger charge is -2.21. The lowest BCUT2D eigenvalue weighted by atomic mass is 10.2. The van der Waals surface area contributed by atoms with Crippen molar-refractivity contribution in [2.75, 3.05) is 23.4 Å². The number of hydrogen-bond acceptors (Lipinski definition) is 9. The first-order valence-corrected chi connectivity index (χ1v) is 10.3. The summed E-state index contributed by atoms with van der Waals surface area (Å²) in [6, 6.07) is 5.73. The van der Waals surface area contributed by atoms with Crippen LogP contribution in [0.15, 0.2) is 36.8 Å². The van der Waals surface area contributed by atoms with Gasteiger partial charge in [0.05, 0.1) is 18.0 Å². The number of aryl methyl sites for hydroxylation is 1. The van der Waals surface area contributed by atoms with E-state index in [0.29, 0.717) is 17.9 Å². The summed E-state index contributed by atoms with van der Waals surface area (Å²) < 4.78 is 6.97. The Morgan fingerprint density at radius 2 is 1.94 bits per heavy atom. The van der Waals surface area contributed by atoms with Gasteiger partial charge in [-0.05, 0) is 44.0 Å². The fourth-order valence-corrected chi connectivity index (χ4v) is 3.47. The molecule has 0 aliphatic rings. The second-order valence-corrected chi connectivity index (χ2v) is 7.91. The SMILES string of the molecule is Cc1cncc(Cn2nc(-c3nc(N)c(N(C)C(=O)OC(C)C)c(N)n3)c3cccnc32)c1. The molecule has 0 aliphatic carbocycles. The normalized spacial score (nSPS) is 11.2. The predicted molar refractivity (Wildman–Crippen MR) is 125 cm³/mol. The molecule has 0 aromatic carbocycles. The van der Waals surface area contributed by atoms with Gasteiger partial charge < -0.3 is 16.2 Å². The first-order chi connectivity index (χ1) is 15.7. The number of nitrogens with zero attached hydrogens (tertiary/aromatic N) is 7. The quantitative estimate of drug-likeness (QED) is 0.470. The molecule has 4 N–H and O–H groups in total. The number of ether oxygens (including phenoxy) is 1. The zero-order valence-corrected chi connectivity index (χ0v) is 18.9. The molecular formula is C22H25N9O2. The molecule has 1 amide bonds. The van der Waals surface area contributed by atoms with Gasteiger partial charge in [0, 0.05) is 25.6 Å². The van der Waals surface area contributed by atoms with E-state index in [1.807, 2.05) is 25.1 Å². The highest BCUT2D eigenvalue weighted by Crippen LogP contribution is 2.32. The number of anilines is 3. The maximum Gasteiger partial charge on any atom is 0.414 e. The average Bonchev–Trinajstić information content (AvgIpc) is 3.11. The molecule has 4 aromatic rings. The van der Waals surface area contributed by atoms with Crippen LogP contribution >= 0.6 is 0 Å². The van der Waals surface area contributed by atoms with E-state index < -0.39 is 6.09 Å². The lowest BCUT2D eigenvalue weighted by Crippen LogP contribution is -2.31. The van der Waals surface area contributed by atoms with Gasteiger partial charge in [-0.15, -0.1) is 0 Å². The Morgan fingerprint density at radius 1 is 1.21 bits per heavy atom. The van der Waals surface area contributed by atoms with Crippen LogP contribution in [-0.2, 0) is 11.3 Å². The van der Waals surface area contributed by atoms with Gasteiger partial charge in [0.15, 0.2) is 23.1 Å². The average molecular weight is 448 g/mol. The summed E-state index contributed by atoms with van der Waals surface area (Å²) in [6.07, 6.45) is 4.38. The Bertz CT molecular complexity index is 1310. The second kappa shape index (κ2) is 8.69. The van der Waals surface area contributed by atoms with Crippen molar-refractivity contribution in [1.82, 2.24) is 29.7 Å². The van der Waals surface area contributed by atoms with Crippen molar-refractivity contribution in [3.8, 4) is 11.5 Å². The van der Waals surface area contributed by atoms with Crippen LogP contribution in [0.5, 0.6) is 0 Å². The first-order valence-electron chi connectivity index (χ1n) is 10.3. The van der Waals surface area contributed by atoms with Gasteiger partial charge in [-0.3, -0.25) is 9.88 Å². The van der Waals surface area contributed by atoms with Crippen molar-refractivity contribution in [3.05, 3.63) is 47.9 Å². The Labute approximate surface area is 190 Å². The zero-order chi connectivity index (χ0) is 23.7. The van der Waals surface area contributed by atoms with Crippen molar-refractivity contribution in [3.63, 3.8) is 0 Å². The van der Waals surface area contributed by atoms with Crippen LogP contribution in [0.3, 0.4) is 0 Å². The molecule has 0 unspecified atom stereocenters. The number of hydrogen-bond donors (Lipinski definition) is 2. The highest BCUT2D eigenvalue weighted by Gasteiger charge is 2.24. The van der Waals surface area contributed by atoms with E-state index in [2.05, 4.69) is 19.9 Å². The second-order valence-electron chi connectivity index (χ2n) is 7.91. The molecule has 0 atom stereocenters. The highest BCUT2D eigenvalue weighted by molar-refractivity contribution is 5.96. The molecule has 0 bridgehead atoms. The third-order valence-corrected chi connectivity index (χ3v) is 4.87. The van der Waals surface area contributed by atoms with Crippen molar-refractivity contribution < 1.29 is 9.53 Å². The molecule has 0 fully saturated rings. The third kappa shape index (κ3) is 4.38. The first kappa shape index (κ1) is 21.9. The summed E-state index contributed by atoms with van der Waals surface area (Å²) in [4.78, 5) is 31.0. The molecule has 0 aliphatic heterocycles.